The van der Waals surface area contributed by atoms with Crippen molar-refractivity contribution >= 4 is 17.3 Å². The molecule has 1 aromatic carbocycles. The zero-order valence-corrected chi connectivity index (χ0v) is 10.5. The van der Waals surface area contributed by atoms with Gasteiger partial charge in [0.05, 0.1) is 0 Å². The summed E-state index contributed by atoms with van der Waals surface area (Å²) in [5, 5.41) is 6.33. The van der Waals surface area contributed by atoms with Gasteiger partial charge in [0.15, 0.2) is 0 Å². The number of nitrogens with zero attached hydrogens (tertiary/aromatic N) is 1. The van der Waals surface area contributed by atoms with Gasteiger partial charge in [0, 0.05) is 12.2 Å². The molecule has 2 N–H and O–H groups in total. The lowest BCUT2D eigenvalue weighted by molar-refractivity contribution is 0.627. The Hall–Kier alpha value is -2.10. The van der Waals surface area contributed by atoms with Gasteiger partial charge >= 0.3 is 0 Å². The number of benzene rings is 1. The highest BCUT2D eigenvalue weighted by Crippen LogP contribution is 2.20. The van der Waals surface area contributed by atoms with Crippen molar-refractivity contribution in [2.75, 3.05) is 17.2 Å². The highest BCUT2D eigenvalue weighted by Gasteiger charge is 2.02. The van der Waals surface area contributed by atoms with Crippen LogP contribution in [0.2, 0.25) is 0 Å². The molecule has 0 fully saturated rings. The van der Waals surface area contributed by atoms with Crippen molar-refractivity contribution in [1.29, 1.82) is 0 Å². The van der Waals surface area contributed by atoms with Crippen LogP contribution in [-0.2, 0) is 0 Å². The predicted octanol–water partition coefficient (Wildman–Crippen LogP) is 3.70. The fourth-order valence-electron chi connectivity index (χ4n) is 1.69. The lowest BCUT2D eigenvalue weighted by Crippen LogP contribution is -2.01. The monoisotopic (exact) mass is 245 g/mol. The van der Waals surface area contributed by atoms with Gasteiger partial charge in [0.2, 0.25) is 0 Å². The predicted molar refractivity (Wildman–Crippen MR) is 72.8 cm³/mol. The average molecular weight is 245 g/mol. The molecule has 4 heteroatoms. The topological polar surface area (TPSA) is 37.0 Å². The number of halogens is 1. The Morgan fingerprint density at radius 2 is 1.94 bits per heavy atom. The molecular formula is C14H16FN3. The van der Waals surface area contributed by atoms with Gasteiger partial charge in [0.1, 0.15) is 17.5 Å². The van der Waals surface area contributed by atoms with Crippen LogP contribution >= 0.6 is 0 Å². The molecule has 2 aromatic rings. The highest BCUT2D eigenvalue weighted by molar-refractivity contribution is 5.61. The molecule has 0 atom stereocenters. The third-order valence-corrected chi connectivity index (χ3v) is 2.56. The summed E-state index contributed by atoms with van der Waals surface area (Å²) in [6.07, 6.45) is 0. The first-order valence-electron chi connectivity index (χ1n) is 5.93. The number of aryl methyl sites for hydroxylation is 1. The van der Waals surface area contributed by atoms with E-state index in [2.05, 4.69) is 15.6 Å². The van der Waals surface area contributed by atoms with E-state index in [4.69, 9.17) is 0 Å². The Morgan fingerprint density at radius 1 is 1.17 bits per heavy atom. The van der Waals surface area contributed by atoms with Crippen molar-refractivity contribution in [1.82, 2.24) is 4.98 Å². The maximum atomic E-state index is 13.0. The van der Waals surface area contributed by atoms with E-state index in [-0.39, 0.29) is 5.82 Å². The molecule has 3 nitrogen and oxygen atoms in total. The second-order valence-corrected chi connectivity index (χ2v) is 4.02. The smallest absolute Gasteiger partial charge is 0.132 e. The minimum atomic E-state index is -0.229. The second kappa shape index (κ2) is 5.49. The summed E-state index contributed by atoms with van der Waals surface area (Å²) in [7, 11) is 0. The molecule has 0 unspecified atom stereocenters. The second-order valence-electron chi connectivity index (χ2n) is 4.02. The minimum absolute atomic E-state index is 0.229. The molecule has 0 saturated carbocycles. The molecule has 0 aliphatic heterocycles. The zero-order valence-electron chi connectivity index (χ0n) is 10.5. The number of rotatable bonds is 4. The van der Waals surface area contributed by atoms with Crippen LogP contribution in [0.5, 0.6) is 0 Å². The molecule has 0 aliphatic carbocycles. The summed E-state index contributed by atoms with van der Waals surface area (Å²) in [6.45, 7) is 4.71. The van der Waals surface area contributed by atoms with Crippen LogP contribution in [0.1, 0.15) is 12.5 Å². The first-order chi connectivity index (χ1) is 8.69. The number of hydrogen-bond acceptors (Lipinski definition) is 3. The van der Waals surface area contributed by atoms with Gasteiger partial charge < -0.3 is 10.6 Å². The molecule has 1 aromatic heterocycles. The number of pyridine rings is 1. The molecular weight excluding hydrogens is 229 g/mol. The van der Waals surface area contributed by atoms with Gasteiger partial charge in [-0.2, -0.15) is 0 Å². The maximum Gasteiger partial charge on any atom is 0.132 e. The first-order valence-corrected chi connectivity index (χ1v) is 5.93. The Labute approximate surface area is 106 Å². The maximum absolute atomic E-state index is 13.0. The molecule has 0 aliphatic rings. The lowest BCUT2D eigenvalue weighted by Gasteiger charge is -2.10. The summed E-state index contributed by atoms with van der Waals surface area (Å²) in [6, 6.07) is 10.4. The van der Waals surface area contributed by atoms with Crippen LogP contribution in [0, 0.1) is 12.7 Å². The summed E-state index contributed by atoms with van der Waals surface area (Å²) >= 11 is 0. The van der Waals surface area contributed by atoms with Gasteiger partial charge in [-0.25, -0.2) is 9.37 Å². The van der Waals surface area contributed by atoms with Gasteiger partial charge in [0.25, 0.3) is 0 Å². The van der Waals surface area contributed by atoms with E-state index in [0.29, 0.717) is 0 Å². The summed E-state index contributed by atoms with van der Waals surface area (Å²) < 4.78 is 13.0. The Bertz CT molecular complexity index is 540. The van der Waals surface area contributed by atoms with Crippen LogP contribution in [0.4, 0.5) is 21.7 Å². The third-order valence-electron chi connectivity index (χ3n) is 2.56. The quantitative estimate of drug-likeness (QED) is 0.862. The molecule has 0 radical (unpaired) electrons. The van der Waals surface area contributed by atoms with Gasteiger partial charge in [-0.3, -0.25) is 0 Å². The summed E-state index contributed by atoms with van der Waals surface area (Å²) in [4.78, 5) is 4.41. The van der Waals surface area contributed by atoms with E-state index in [1.807, 2.05) is 32.0 Å². The molecule has 0 saturated heterocycles. The van der Waals surface area contributed by atoms with E-state index in [1.165, 1.54) is 12.1 Å². The Balaban J connectivity index is 2.20. The minimum Gasteiger partial charge on any atom is -0.370 e. The Morgan fingerprint density at radius 3 is 2.67 bits per heavy atom. The molecule has 0 spiro atoms. The van der Waals surface area contributed by atoms with Crippen LogP contribution in [0.15, 0.2) is 36.4 Å². The van der Waals surface area contributed by atoms with Crippen molar-refractivity contribution < 1.29 is 4.39 Å². The van der Waals surface area contributed by atoms with Crippen molar-refractivity contribution in [3.63, 3.8) is 0 Å². The molecule has 18 heavy (non-hydrogen) atoms. The largest absolute Gasteiger partial charge is 0.370 e. The van der Waals surface area contributed by atoms with Crippen LogP contribution in [-0.4, -0.2) is 11.5 Å². The van der Waals surface area contributed by atoms with Crippen LogP contribution < -0.4 is 10.6 Å². The lowest BCUT2D eigenvalue weighted by atomic mass is 10.2. The van der Waals surface area contributed by atoms with Crippen molar-refractivity contribution in [3.8, 4) is 0 Å². The molecule has 0 bridgehead atoms. The molecule has 1 heterocycles. The number of hydrogen-bond donors (Lipinski definition) is 2. The number of nitrogens with one attached hydrogen (secondary N) is 2. The number of aromatic nitrogens is 1. The van der Waals surface area contributed by atoms with E-state index in [9.17, 15) is 4.39 Å². The van der Waals surface area contributed by atoms with Crippen LogP contribution in [0.25, 0.3) is 0 Å². The standard InChI is InChI=1S/C14H16FN3/c1-3-16-13-5-4-6-14(18-13)17-12-8-7-11(15)9-10(12)2/h4-9H,3H2,1-2H3,(H2,16,17,18). The normalized spacial score (nSPS) is 10.2. The average Bonchev–Trinajstić information content (AvgIpc) is 2.34. The zero-order chi connectivity index (χ0) is 13.0. The molecule has 94 valence electrons. The number of anilines is 3. The highest BCUT2D eigenvalue weighted by atomic mass is 19.1. The van der Waals surface area contributed by atoms with Gasteiger partial charge in [-0.1, -0.05) is 6.07 Å². The summed E-state index contributed by atoms with van der Waals surface area (Å²) in [5.74, 6) is 1.33. The van der Waals surface area contributed by atoms with Gasteiger partial charge in [-0.05, 0) is 49.7 Å². The van der Waals surface area contributed by atoms with Crippen molar-refractivity contribution in [2.45, 2.75) is 13.8 Å². The fraction of sp³-hybridized carbons (Fsp3) is 0.214. The SMILES string of the molecule is CCNc1cccc(Nc2ccc(F)cc2C)n1. The van der Waals surface area contributed by atoms with E-state index < -0.39 is 0 Å². The van der Waals surface area contributed by atoms with Crippen molar-refractivity contribution in [2.24, 2.45) is 0 Å². The fourth-order valence-corrected chi connectivity index (χ4v) is 1.69. The third kappa shape index (κ3) is 2.97. The summed E-state index contributed by atoms with van der Waals surface area (Å²) in [5.41, 5.74) is 1.71. The van der Waals surface area contributed by atoms with E-state index in [0.717, 1.165) is 29.4 Å². The van der Waals surface area contributed by atoms with Gasteiger partial charge in [-0.15, -0.1) is 0 Å². The van der Waals surface area contributed by atoms with Crippen LogP contribution in [0.3, 0.4) is 0 Å². The van der Waals surface area contributed by atoms with E-state index in [1.54, 1.807) is 6.07 Å². The Kier molecular flexibility index (Phi) is 3.77. The molecule has 2 rings (SSSR count). The van der Waals surface area contributed by atoms with Crippen molar-refractivity contribution in [3.05, 3.63) is 47.8 Å². The van der Waals surface area contributed by atoms with E-state index >= 15 is 0 Å². The first kappa shape index (κ1) is 12.4. The molecule has 0 amide bonds.